The van der Waals surface area contributed by atoms with Gasteiger partial charge in [0.15, 0.2) is 0 Å². The van der Waals surface area contributed by atoms with Crippen LogP contribution < -0.4 is 5.32 Å². The summed E-state index contributed by atoms with van der Waals surface area (Å²) in [7, 11) is 0. The highest BCUT2D eigenvalue weighted by atomic mass is 19.4. The number of likely N-dealkylation sites (N-methyl/N-ethyl adjacent to an activating group) is 1. The smallest absolute Gasteiger partial charge is 0.382 e. The Hall–Kier alpha value is -0.820. The molecule has 0 rings (SSSR count). The number of rotatable bonds is 9. The van der Waals surface area contributed by atoms with Crippen molar-refractivity contribution < 1.29 is 22.7 Å². The van der Waals surface area contributed by atoms with Gasteiger partial charge in [0, 0.05) is 19.8 Å². The Morgan fingerprint density at radius 3 is 2.30 bits per heavy atom. The van der Waals surface area contributed by atoms with Crippen molar-refractivity contribution >= 4 is 5.91 Å². The van der Waals surface area contributed by atoms with Gasteiger partial charge in [-0.05, 0) is 33.7 Å². The minimum Gasteiger partial charge on any atom is -0.382 e. The van der Waals surface area contributed by atoms with Crippen LogP contribution in [0.15, 0.2) is 0 Å². The zero-order chi connectivity index (χ0) is 15.8. The molecule has 0 saturated carbocycles. The molecule has 0 bridgehead atoms. The summed E-state index contributed by atoms with van der Waals surface area (Å²) in [5.74, 6) is -0.548. The summed E-state index contributed by atoms with van der Waals surface area (Å²) in [6.45, 7) is 6.97. The molecule has 0 spiro atoms. The number of nitrogens with one attached hydrogen (secondary N) is 1. The maximum Gasteiger partial charge on any atom is 0.406 e. The summed E-state index contributed by atoms with van der Waals surface area (Å²) in [5.41, 5.74) is -1.01. The van der Waals surface area contributed by atoms with Crippen LogP contribution in [0.5, 0.6) is 0 Å². The van der Waals surface area contributed by atoms with Crippen LogP contribution in [0.25, 0.3) is 0 Å². The van der Waals surface area contributed by atoms with Gasteiger partial charge in [-0.25, -0.2) is 0 Å². The fraction of sp³-hybridized carbons (Fsp3) is 0.923. The Balaban J connectivity index is 4.70. The van der Waals surface area contributed by atoms with Gasteiger partial charge in [0.2, 0.25) is 5.91 Å². The number of hydrogen-bond acceptors (Lipinski definition) is 3. The van der Waals surface area contributed by atoms with Gasteiger partial charge in [-0.1, -0.05) is 6.92 Å². The van der Waals surface area contributed by atoms with Crippen molar-refractivity contribution in [2.45, 2.75) is 45.8 Å². The SMILES string of the molecule is CCNC(C)(C)C(=O)N(CCCOCC)CC(F)(F)F. The van der Waals surface area contributed by atoms with E-state index in [2.05, 4.69) is 5.32 Å². The van der Waals surface area contributed by atoms with Gasteiger partial charge in [0.05, 0.1) is 5.54 Å². The molecule has 0 aromatic heterocycles. The average molecular weight is 298 g/mol. The molecule has 0 radical (unpaired) electrons. The summed E-state index contributed by atoms with van der Waals surface area (Å²) in [6.07, 6.45) is -4.01. The van der Waals surface area contributed by atoms with Crippen molar-refractivity contribution in [1.29, 1.82) is 0 Å². The normalized spacial score (nSPS) is 12.6. The van der Waals surface area contributed by atoms with Crippen molar-refractivity contribution in [1.82, 2.24) is 10.2 Å². The van der Waals surface area contributed by atoms with Gasteiger partial charge in [-0.3, -0.25) is 4.79 Å². The lowest BCUT2D eigenvalue weighted by Crippen LogP contribution is -2.56. The fourth-order valence-electron chi connectivity index (χ4n) is 1.88. The van der Waals surface area contributed by atoms with E-state index in [1.807, 2.05) is 6.92 Å². The molecular weight excluding hydrogens is 273 g/mol. The van der Waals surface area contributed by atoms with E-state index in [0.717, 1.165) is 4.90 Å². The third-order valence-corrected chi connectivity index (χ3v) is 2.73. The predicted molar refractivity (Wildman–Crippen MR) is 71.5 cm³/mol. The highest BCUT2D eigenvalue weighted by Gasteiger charge is 2.37. The molecule has 1 N–H and O–H groups in total. The molecule has 1 amide bonds. The Bertz CT molecular complexity index is 294. The number of hydrogen-bond donors (Lipinski definition) is 1. The van der Waals surface area contributed by atoms with Crippen LogP contribution in [0.4, 0.5) is 13.2 Å². The Morgan fingerprint density at radius 2 is 1.85 bits per heavy atom. The number of nitrogens with zero attached hydrogens (tertiary/aromatic N) is 1. The highest BCUT2D eigenvalue weighted by Crippen LogP contribution is 2.19. The molecule has 0 unspecified atom stereocenters. The van der Waals surface area contributed by atoms with Gasteiger partial charge < -0.3 is 15.0 Å². The molecule has 4 nitrogen and oxygen atoms in total. The second kappa shape index (κ2) is 8.46. The van der Waals surface area contributed by atoms with Crippen LogP contribution in [-0.4, -0.2) is 55.4 Å². The standard InChI is InChI=1S/C13H25F3N2O2/c1-5-17-12(3,4)11(19)18(10-13(14,15)16)8-7-9-20-6-2/h17H,5-10H2,1-4H3. The number of carbonyl (C=O) groups excluding carboxylic acids is 1. The number of halogens is 3. The van der Waals surface area contributed by atoms with Gasteiger partial charge in [0.25, 0.3) is 0 Å². The van der Waals surface area contributed by atoms with E-state index < -0.39 is 24.2 Å². The molecule has 0 fully saturated rings. The third kappa shape index (κ3) is 7.69. The van der Waals surface area contributed by atoms with Crippen LogP contribution in [0.2, 0.25) is 0 Å². The zero-order valence-corrected chi connectivity index (χ0v) is 12.6. The molecule has 0 atom stereocenters. The number of carbonyl (C=O) groups is 1. The molecule has 0 aromatic rings. The van der Waals surface area contributed by atoms with Crippen molar-refractivity contribution in [2.75, 3.05) is 32.8 Å². The van der Waals surface area contributed by atoms with E-state index in [9.17, 15) is 18.0 Å². The summed E-state index contributed by atoms with van der Waals surface area (Å²) in [6, 6.07) is 0. The number of ether oxygens (including phenoxy) is 1. The van der Waals surface area contributed by atoms with E-state index in [0.29, 0.717) is 26.2 Å². The molecule has 0 aliphatic heterocycles. The molecule has 7 heteroatoms. The predicted octanol–water partition coefficient (Wildman–Crippen LogP) is 2.19. The maximum atomic E-state index is 12.6. The first kappa shape index (κ1) is 19.2. The lowest BCUT2D eigenvalue weighted by molar-refractivity contribution is -0.165. The molecule has 0 aromatic carbocycles. The minimum atomic E-state index is -4.40. The van der Waals surface area contributed by atoms with E-state index in [4.69, 9.17) is 4.74 Å². The Kier molecular flexibility index (Phi) is 8.12. The lowest BCUT2D eigenvalue weighted by atomic mass is 10.0. The molecule has 120 valence electrons. The van der Waals surface area contributed by atoms with Crippen molar-refractivity contribution in [3.05, 3.63) is 0 Å². The molecule has 20 heavy (non-hydrogen) atoms. The Morgan fingerprint density at radius 1 is 1.25 bits per heavy atom. The van der Waals surface area contributed by atoms with E-state index >= 15 is 0 Å². The van der Waals surface area contributed by atoms with Crippen molar-refractivity contribution in [2.24, 2.45) is 0 Å². The monoisotopic (exact) mass is 298 g/mol. The van der Waals surface area contributed by atoms with Gasteiger partial charge in [-0.15, -0.1) is 0 Å². The summed E-state index contributed by atoms with van der Waals surface area (Å²) in [4.78, 5) is 13.1. The first-order valence-corrected chi connectivity index (χ1v) is 6.83. The first-order valence-electron chi connectivity index (χ1n) is 6.83. The van der Waals surface area contributed by atoms with Crippen LogP contribution in [0.3, 0.4) is 0 Å². The highest BCUT2D eigenvalue weighted by molar-refractivity contribution is 5.85. The third-order valence-electron chi connectivity index (χ3n) is 2.73. The molecule has 0 saturated heterocycles. The summed E-state index contributed by atoms with van der Waals surface area (Å²) >= 11 is 0. The molecule has 0 aliphatic carbocycles. The van der Waals surface area contributed by atoms with E-state index in [1.54, 1.807) is 20.8 Å². The summed E-state index contributed by atoms with van der Waals surface area (Å²) in [5, 5.41) is 2.90. The lowest BCUT2D eigenvalue weighted by Gasteiger charge is -2.33. The molecule has 0 heterocycles. The van der Waals surface area contributed by atoms with Crippen LogP contribution in [0, 0.1) is 0 Å². The first-order chi connectivity index (χ1) is 9.14. The minimum absolute atomic E-state index is 0.0349. The van der Waals surface area contributed by atoms with Crippen molar-refractivity contribution in [3.8, 4) is 0 Å². The molecular formula is C13H25F3N2O2. The zero-order valence-electron chi connectivity index (χ0n) is 12.6. The topological polar surface area (TPSA) is 41.6 Å². The second-order valence-electron chi connectivity index (χ2n) is 5.05. The quantitative estimate of drug-likeness (QED) is 0.664. The largest absolute Gasteiger partial charge is 0.406 e. The van der Waals surface area contributed by atoms with Crippen LogP contribution >= 0.6 is 0 Å². The van der Waals surface area contributed by atoms with Gasteiger partial charge in [0.1, 0.15) is 6.54 Å². The fourth-order valence-corrected chi connectivity index (χ4v) is 1.88. The second-order valence-corrected chi connectivity index (χ2v) is 5.05. The summed E-state index contributed by atoms with van der Waals surface area (Å²) < 4.78 is 42.8. The van der Waals surface area contributed by atoms with E-state index in [-0.39, 0.29) is 6.54 Å². The van der Waals surface area contributed by atoms with Crippen LogP contribution in [0.1, 0.15) is 34.1 Å². The van der Waals surface area contributed by atoms with E-state index in [1.165, 1.54) is 0 Å². The maximum absolute atomic E-state index is 12.6. The number of amides is 1. The van der Waals surface area contributed by atoms with Gasteiger partial charge >= 0.3 is 6.18 Å². The Labute approximate surface area is 118 Å². The molecule has 0 aliphatic rings. The van der Waals surface area contributed by atoms with Crippen LogP contribution in [-0.2, 0) is 9.53 Å². The number of alkyl halides is 3. The van der Waals surface area contributed by atoms with Gasteiger partial charge in [-0.2, -0.15) is 13.2 Å². The van der Waals surface area contributed by atoms with Crippen molar-refractivity contribution in [3.63, 3.8) is 0 Å². The average Bonchev–Trinajstić information content (AvgIpc) is 2.30.